The molecule has 0 heterocycles. The van der Waals surface area contributed by atoms with Crippen LogP contribution in [0.5, 0.6) is 0 Å². The first-order valence-corrected chi connectivity index (χ1v) is 19.2. The molecule has 0 amide bonds. The molecule has 10 rings (SSSR count). The molecule has 1 nitrogen and oxygen atoms in total. The first-order valence-electron chi connectivity index (χ1n) is 19.2. The molecule has 258 valence electrons. The van der Waals surface area contributed by atoms with Crippen LogP contribution in [0.15, 0.2) is 164 Å². The first kappa shape index (κ1) is 32.3. The molecule has 0 atom stereocenters. The van der Waals surface area contributed by atoms with Gasteiger partial charge in [0.25, 0.3) is 0 Å². The predicted octanol–water partition coefficient (Wildman–Crippen LogP) is 14.6. The molecular weight excluding hydrogens is 651 g/mol. The molecule has 54 heavy (non-hydrogen) atoms. The third kappa shape index (κ3) is 4.96. The summed E-state index contributed by atoms with van der Waals surface area (Å²) in [7, 11) is 0. The molecule has 1 N–H and O–H groups in total. The summed E-state index contributed by atoms with van der Waals surface area (Å²) in [5, 5.41) is 18.3. The van der Waals surface area contributed by atoms with Crippen molar-refractivity contribution in [2.45, 2.75) is 39.0 Å². The van der Waals surface area contributed by atoms with E-state index >= 15 is 0 Å². The molecule has 0 bridgehead atoms. The fourth-order valence-corrected chi connectivity index (χ4v) is 9.30. The van der Waals surface area contributed by atoms with E-state index in [2.05, 4.69) is 185 Å². The zero-order valence-electron chi connectivity index (χ0n) is 31.0. The summed E-state index contributed by atoms with van der Waals surface area (Å²) >= 11 is 0. The van der Waals surface area contributed by atoms with Gasteiger partial charge >= 0.3 is 0 Å². The summed E-state index contributed by atoms with van der Waals surface area (Å²) in [6.45, 7) is 6.82. The smallest absolute Gasteiger partial charge is 0.0159 e. The second kappa shape index (κ2) is 12.4. The molecule has 9 aromatic carbocycles. The third-order valence-electron chi connectivity index (χ3n) is 12.0. The van der Waals surface area contributed by atoms with Crippen molar-refractivity contribution >= 4 is 48.8 Å². The Hall–Kier alpha value is -6.31. The predicted molar refractivity (Wildman–Crippen MR) is 232 cm³/mol. The molecule has 1 aliphatic carbocycles. The fraction of sp³-hybridized carbons (Fsp3) is 0.113. The molecule has 0 unspecified atom stereocenters. The average molecular weight is 692 g/mol. The average Bonchev–Trinajstić information content (AvgIpc) is 3.45. The van der Waals surface area contributed by atoms with E-state index in [0.717, 1.165) is 12.1 Å². The molecule has 0 aromatic heterocycles. The van der Waals surface area contributed by atoms with Gasteiger partial charge in [-0.1, -0.05) is 166 Å². The van der Waals surface area contributed by atoms with Gasteiger partial charge in [-0.3, -0.25) is 0 Å². The molecule has 1 heteroatoms. The summed E-state index contributed by atoms with van der Waals surface area (Å²) in [6, 6.07) is 61.1. The number of benzene rings is 9. The molecule has 0 spiro atoms. The molecule has 0 saturated carbocycles. The molecule has 0 saturated heterocycles. The van der Waals surface area contributed by atoms with Crippen LogP contribution in [0.4, 0.5) is 0 Å². The maximum absolute atomic E-state index is 8.17. The minimum atomic E-state index is -0.110. The van der Waals surface area contributed by atoms with Crippen LogP contribution in [0, 0.1) is 5.41 Å². The van der Waals surface area contributed by atoms with Gasteiger partial charge in [0, 0.05) is 17.5 Å². The van der Waals surface area contributed by atoms with E-state index in [1.807, 2.05) is 0 Å². The standard InChI is InChI=1S/C53H41N/c1-4-39(54)29-33-24-25-36-30-37(27-26-35(36)28-33)34-14-13-15-38(31-34)50-42-18-7-9-20-44(42)51(45-21-10-8-19-43(45)50)47-32-49-52(41-17-6-5-16-40(41)47)46-22-11-12-23-48(46)53(49,2)3/h5-28,30-32,54H,4,29H2,1-3H3. The Kier molecular flexibility index (Phi) is 7.42. The van der Waals surface area contributed by atoms with Gasteiger partial charge in [-0.25, -0.2) is 0 Å². The molecule has 0 radical (unpaired) electrons. The highest BCUT2D eigenvalue weighted by Crippen LogP contribution is 2.54. The van der Waals surface area contributed by atoms with Crippen LogP contribution in [-0.4, -0.2) is 5.71 Å². The third-order valence-corrected chi connectivity index (χ3v) is 12.0. The Labute approximate surface area is 317 Å². The van der Waals surface area contributed by atoms with Crippen LogP contribution >= 0.6 is 0 Å². The monoisotopic (exact) mass is 691 g/mol. The van der Waals surface area contributed by atoms with Crippen molar-refractivity contribution in [3.63, 3.8) is 0 Å². The number of fused-ring (bicyclic) bond motifs is 8. The van der Waals surface area contributed by atoms with E-state index in [1.165, 1.54) is 104 Å². The summed E-state index contributed by atoms with van der Waals surface area (Å²) in [4.78, 5) is 0. The molecule has 0 fully saturated rings. The van der Waals surface area contributed by atoms with E-state index in [1.54, 1.807) is 0 Å². The number of rotatable bonds is 6. The van der Waals surface area contributed by atoms with Gasteiger partial charge in [0.2, 0.25) is 0 Å². The van der Waals surface area contributed by atoms with Crippen molar-refractivity contribution in [2.24, 2.45) is 0 Å². The van der Waals surface area contributed by atoms with Crippen molar-refractivity contribution < 1.29 is 0 Å². The Balaban J connectivity index is 1.18. The van der Waals surface area contributed by atoms with Crippen molar-refractivity contribution in [3.8, 4) is 44.5 Å². The van der Waals surface area contributed by atoms with Gasteiger partial charge in [0.05, 0.1) is 0 Å². The van der Waals surface area contributed by atoms with Crippen LogP contribution in [0.2, 0.25) is 0 Å². The summed E-state index contributed by atoms with van der Waals surface area (Å²) < 4.78 is 0. The lowest BCUT2D eigenvalue weighted by molar-refractivity contribution is 0.661. The normalized spacial score (nSPS) is 13.1. The Morgan fingerprint density at radius 2 is 1.00 bits per heavy atom. The lowest BCUT2D eigenvalue weighted by Crippen LogP contribution is -2.15. The van der Waals surface area contributed by atoms with Gasteiger partial charge in [-0.15, -0.1) is 0 Å². The Morgan fingerprint density at radius 3 is 1.70 bits per heavy atom. The van der Waals surface area contributed by atoms with E-state index < -0.39 is 0 Å². The summed E-state index contributed by atoms with van der Waals surface area (Å²) in [5.41, 5.74) is 14.9. The molecular formula is C53H41N. The highest BCUT2D eigenvalue weighted by Gasteiger charge is 2.37. The summed E-state index contributed by atoms with van der Waals surface area (Å²) in [5.74, 6) is 0. The lowest BCUT2D eigenvalue weighted by atomic mass is 9.79. The number of hydrogen-bond acceptors (Lipinski definition) is 1. The maximum Gasteiger partial charge on any atom is 0.0159 e. The van der Waals surface area contributed by atoms with Crippen molar-refractivity contribution in [1.82, 2.24) is 0 Å². The second-order valence-corrected chi connectivity index (χ2v) is 15.5. The molecule has 1 aliphatic rings. The number of nitrogens with one attached hydrogen (secondary N) is 1. The lowest BCUT2D eigenvalue weighted by Gasteiger charge is -2.24. The second-order valence-electron chi connectivity index (χ2n) is 15.5. The van der Waals surface area contributed by atoms with Crippen molar-refractivity contribution in [3.05, 3.63) is 180 Å². The maximum atomic E-state index is 8.17. The highest BCUT2D eigenvalue weighted by atomic mass is 14.4. The van der Waals surface area contributed by atoms with Gasteiger partial charge in [-0.05, 0) is 129 Å². The topological polar surface area (TPSA) is 23.9 Å². The minimum absolute atomic E-state index is 0.110. The van der Waals surface area contributed by atoms with Crippen LogP contribution < -0.4 is 0 Å². The van der Waals surface area contributed by atoms with Gasteiger partial charge in [0.1, 0.15) is 0 Å². The molecule has 0 aliphatic heterocycles. The Bertz CT molecular complexity index is 2940. The SMILES string of the molecule is CCC(=N)Cc1ccc2cc(-c3cccc(-c4c5ccccc5c(-c5cc6c(c7ccccc57)-c5ccccc5C6(C)C)c5ccccc45)c3)ccc2c1. The quantitative estimate of drug-likeness (QED) is 0.133. The highest BCUT2D eigenvalue weighted by molar-refractivity contribution is 6.24. The van der Waals surface area contributed by atoms with Crippen LogP contribution in [-0.2, 0) is 11.8 Å². The zero-order chi connectivity index (χ0) is 36.6. The Morgan fingerprint density at radius 1 is 0.444 bits per heavy atom. The number of hydrogen-bond donors (Lipinski definition) is 1. The van der Waals surface area contributed by atoms with Crippen molar-refractivity contribution in [1.29, 1.82) is 5.41 Å². The van der Waals surface area contributed by atoms with Crippen molar-refractivity contribution in [2.75, 3.05) is 0 Å². The summed E-state index contributed by atoms with van der Waals surface area (Å²) in [6.07, 6.45) is 1.50. The molecule has 9 aromatic rings. The zero-order valence-corrected chi connectivity index (χ0v) is 31.0. The van der Waals surface area contributed by atoms with Crippen LogP contribution in [0.1, 0.15) is 43.9 Å². The van der Waals surface area contributed by atoms with Crippen LogP contribution in [0.25, 0.3) is 87.6 Å². The first-order chi connectivity index (χ1) is 26.4. The van der Waals surface area contributed by atoms with Crippen LogP contribution in [0.3, 0.4) is 0 Å². The van der Waals surface area contributed by atoms with Gasteiger partial charge in [0.15, 0.2) is 0 Å². The van der Waals surface area contributed by atoms with E-state index in [-0.39, 0.29) is 5.41 Å². The van der Waals surface area contributed by atoms with E-state index in [4.69, 9.17) is 5.41 Å². The van der Waals surface area contributed by atoms with E-state index in [0.29, 0.717) is 6.42 Å². The van der Waals surface area contributed by atoms with E-state index in [9.17, 15) is 0 Å². The fourth-order valence-electron chi connectivity index (χ4n) is 9.30. The van der Waals surface area contributed by atoms with Gasteiger partial charge < -0.3 is 5.41 Å². The van der Waals surface area contributed by atoms with Gasteiger partial charge in [-0.2, -0.15) is 0 Å². The largest absolute Gasteiger partial charge is 0.309 e. The minimum Gasteiger partial charge on any atom is -0.309 e.